The van der Waals surface area contributed by atoms with Crippen LogP contribution in [-0.2, 0) is 0 Å². The van der Waals surface area contributed by atoms with Gasteiger partial charge in [0.05, 0.1) is 14.2 Å². The molecule has 1 amide bonds. The fourth-order valence-electron chi connectivity index (χ4n) is 2.39. The second-order valence-corrected chi connectivity index (χ2v) is 5.00. The lowest BCUT2D eigenvalue weighted by molar-refractivity contribution is 0.0951. The first kappa shape index (κ1) is 17.6. The Morgan fingerprint density at radius 3 is 2.48 bits per heavy atom. The zero-order chi connectivity index (χ0) is 14.4. The van der Waals surface area contributed by atoms with Crippen molar-refractivity contribution in [2.75, 3.05) is 33.9 Å². The van der Waals surface area contributed by atoms with E-state index in [-0.39, 0.29) is 18.3 Å². The molecule has 1 atom stereocenters. The van der Waals surface area contributed by atoms with Crippen molar-refractivity contribution in [1.82, 2.24) is 10.6 Å². The van der Waals surface area contributed by atoms with E-state index in [9.17, 15) is 4.79 Å². The van der Waals surface area contributed by atoms with E-state index in [1.165, 1.54) is 6.42 Å². The van der Waals surface area contributed by atoms with Gasteiger partial charge in [0.2, 0.25) is 0 Å². The minimum atomic E-state index is -0.0897. The molecular weight excluding hydrogens is 292 g/mol. The summed E-state index contributed by atoms with van der Waals surface area (Å²) in [6.45, 7) is 2.85. The number of carbonyl (C=O) groups excluding carboxylic acids is 1. The molecule has 1 aliphatic rings. The summed E-state index contributed by atoms with van der Waals surface area (Å²) in [7, 11) is 3.15. The molecule has 5 nitrogen and oxygen atoms in total. The first-order valence-electron chi connectivity index (χ1n) is 6.95. The van der Waals surface area contributed by atoms with Crippen LogP contribution in [0.15, 0.2) is 18.2 Å². The highest BCUT2D eigenvalue weighted by molar-refractivity contribution is 5.95. The number of amides is 1. The van der Waals surface area contributed by atoms with Crippen molar-refractivity contribution in [3.63, 3.8) is 0 Å². The molecular formula is C15H23ClN2O3. The second kappa shape index (κ2) is 8.74. The van der Waals surface area contributed by atoms with Crippen LogP contribution in [0.2, 0.25) is 0 Å². The predicted octanol–water partition coefficient (Wildman–Crippen LogP) is 1.85. The molecule has 0 spiro atoms. The molecule has 0 bridgehead atoms. The van der Waals surface area contributed by atoms with Gasteiger partial charge in [-0.25, -0.2) is 0 Å². The molecule has 118 valence electrons. The van der Waals surface area contributed by atoms with Crippen LogP contribution in [0.5, 0.6) is 11.5 Å². The van der Waals surface area contributed by atoms with E-state index < -0.39 is 0 Å². The normalized spacial score (nSPS) is 17.0. The van der Waals surface area contributed by atoms with Crippen LogP contribution >= 0.6 is 12.4 Å². The first-order chi connectivity index (χ1) is 9.72. The number of rotatable bonds is 6. The van der Waals surface area contributed by atoms with Crippen LogP contribution in [-0.4, -0.2) is 39.8 Å². The SMILES string of the molecule is COc1cc(OC)cc(C(=O)NCCC2CCNC2)c1.Cl. The molecule has 1 saturated heterocycles. The second-order valence-electron chi connectivity index (χ2n) is 5.00. The summed E-state index contributed by atoms with van der Waals surface area (Å²) in [4.78, 5) is 12.1. The van der Waals surface area contributed by atoms with Gasteiger partial charge in [-0.2, -0.15) is 0 Å². The summed E-state index contributed by atoms with van der Waals surface area (Å²) in [5, 5.41) is 6.28. The van der Waals surface area contributed by atoms with E-state index in [0.29, 0.717) is 29.5 Å². The molecule has 1 aromatic rings. The lowest BCUT2D eigenvalue weighted by Gasteiger charge is -2.11. The van der Waals surface area contributed by atoms with Gasteiger partial charge in [0.25, 0.3) is 5.91 Å². The number of hydrogen-bond acceptors (Lipinski definition) is 4. The Morgan fingerprint density at radius 2 is 1.95 bits per heavy atom. The van der Waals surface area contributed by atoms with Crippen molar-refractivity contribution in [1.29, 1.82) is 0 Å². The van der Waals surface area contributed by atoms with Gasteiger partial charge in [0, 0.05) is 18.2 Å². The van der Waals surface area contributed by atoms with E-state index in [4.69, 9.17) is 9.47 Å². The van der Waals surface area contributed by atoms with Crippen molar-refractivity contribution in [3.05, 3.63) is 23.8 Å². The van der Waals surface area contributed by atoms with Gasteiger partial charge in [0.1, 0.15) is 11.5 Å². The van der Waals surface area contributed by atoms with Gasteiger partial charge in [-0.15, -0.1) is 12.4 Å². The van der Waals surface area contributed by atoms with Gasteiger partial charge in [-0.3, -0.25) is 4.79 Å². The topological polar surface area (TPSA) is 59.6 Å². The highest BCUT2D eigenvalue weighted by Crippen LogP contribution is 2.22. The van der Waals surface area contributed by atoms with Crippen LogP contribution < -0.4 is 20.1 Å². The Bertz CT molecular complexity index is 440. The zero-order valence-electron chi connectivity index (χ0n) is 12.5. The largest absolute Gasteiger partial charge is 0.497 e. The fraction of sp³-hybridized carbons (Fsp3) is 0.533. The lowest BCUT2D eigenvalue weighted by Crippen LogP contribution is -2.26. The molecule has 0 saturated carbocycles. The first-order valence-corrected chi connectivity index (χ1v) is 6.95. The van der Waals surface area contributed by atoms with Crippen molar-refractivity contribution < 1.29 is 14.3 Å². The molecule has 2 rings (SSSR count). The van der Waals surface area contributed by atoms with Gasteiger partial charge < -0.3 is 20.1 Å². The fourth-order valence-corrected chi connectivity index (χ4v) is 2.39. The highest BCUT2D eigenvalue weighted by atomic mass is 35.5. The van der Waals surface area contributed by atoms with Crippen molar-refractivity contribution >= 4 is 18.3 Å². The van der Waals surface area contributed by atoms with Crippen LogP contribution in [0.25, 0.3) is 0 Å². The summed E-state index contributed by atoms with van der Waals surface area (Å²) in [6, 6.07) is 5.19. The van der Waals surface area contributed by atoms with Crippen LogP contribution in [0.1, 0.15) is 23.2 Å². The molecule has 1 unspecified atom stereocenters. The molecule has 2 N–H and O–H groups in total. The number of carbonyl (C=O) groups is 1. The molecule has 1 heterocycles. The van der Waals surface area contributed by atoms with Gasteiger partial charge in [-0.1, -0.05) is 0 Å². The number of methoxy groups -OCH3 is 2. The van der Waals surface area contributed by atoms with E-state index in [2.05, 4.69) is 10.6 Å². The highest BCUT2D eigenvalue weighted by Gasteiger charge is 2.15. The Balaban J connectivity index is 0.00000220. The molecule has 0 aromatic heterocycles. The zero-order valence-corrected chi connectivity index (χ0v) is 13.3. The Hall–Kier alpha value is -1.46. The number of halogens is 1. The number of hydrogen-bond donors (Lipinski definition) is 2. The summed E-state index contributed by atoms with van der Waals surface area (Å²) in [6.07, 6.45) is 2.21. The molecule has 6 heteroatoms. The third kappa shape index (κ3) is 5.10. The lowest BCUT2D eigenvalue weighted by atomic mass is 10.1. The maximum absolute atomic E-state index is 12.1. The minimum Gasteiger partial charge on any atom is -0.497 e. The van der Waals surface area contributed by atoms with Gasteiger partial charge >= 0.3 is 0 Å². The number of ether oxygens (including phenoxy) is 2. The Labute approximate surface area is 131 Å². The molecule has 21 heavy (non-hydrogen) atoms. The van der Waals surface area contributed by atoms with Gasteiger partial charge in [-0.05, 0) is 44.0 Å². The Morgan fingerprint density at radius 1 is 1.29 bits per heavy atom. The predicted molar refractivity (Wildman–Crippen MR) is 84.7 cm³/mol. The Kier molecular flexibility index (Phi) is 7.32. The third-order valence-corrected chi connectivity index (χ3v) is 3.61. The standard InChI is InChI=1S/C15H22N2O3.ClH/c1-19-13-7-12(8-14(9-13)20-2)15(18)17-6-4-11-3-5-16-10-11;/h7-9,11,16H,3-6,10H2,1-2H3,(H,17,18);1H. The van der Waals surface area contributed by atoms with Crippen LogP contribution in [0, 0.1) is 5.92 Å². The summed E-state index contributed by atoms with van der Waals surface area (Å²) >= 11 is 0. The monoisotopic (exact) mass is 314 g/mol. The third-order valence-electron chi connectivity index (χ3n) is 3.61. The summed E-state index contributed by atoms with van der Waals surface area (Å²) < 4.78 is 10.3. The summed E-state index contributed by atoms with van der Waals surface area (Å²) in [5.74, 6) is 1.83. The van der Waals surface area contributed by atoms with E-state index >= 15 is 0 Å². The smallest absolute Gasteiger partial charge is 0.251 e. The van der Waals surface area contributed by atoms with E-state index in [0.717, 1.165) is 19.5 Å². The van der Waals surface area contributed by atoms with Crippen molar-refractivity contribution in [2.24, 2.45) is 5.92 Å². The average Bonchev–Trinajstić information content (AvgIpc) is 2.99. The summed E-state index contributed by atoms with van der Waals surface area (Å²) in [5.41, 5.74) is 0.561. The molecule has 1 aliphatic heterocycles. The number of nitrogens with one attached hydrogen (secondary N) is 2. The van der Waals surface area contributed by atoms with E-state index in [1.54, 1.807) is 32.4 Å². The minimum absolute atomic E-state index is 0. The van der Waals surface area contributed by atoms with Crippen molar-refractivity contribution in [2.45, 2.75) is 12.8 Å². The van der Waals surface area contributed by atoms with E-state index in [1.807, 2.05) is 0 Å². The maximum atomic E-state index is 12.1. The quantitative estimate of drug-likeness (QED) is 0.841. The maximum Gasteiger partial charge on any atom is 0.251 e. The molecule has 0 aliphatic carbocycles. The molecule has 1 aromatic carbocycles. The average molecular weight is 315 g/mol. The van der Waals surface area contributed by atoms with Crippen molar-refractivity contribution in [3.8, 4) is 11.5 Å². The molecule has 0 radical (unpaired) electrons. The molecule has 1 fully saturated rings. The van der Waals surface area contributed by atoms with Gasteiger partial charge in [0.15, 0.2) is 0 Å². The van der Waals surface area contributed by atoms with Crippen LogP contribution in [0.4, 0.5) is 0 Å². The van der Waals surface area contributed by atoms with Crippen LogP contribution in [0.3, 0.4) is 0 Å². The number of benzene rings is 1.